The quantitative estimate of drug-likeness (QED) is 0.296. The molecule has 36 heavy (non-hydrogen) atoms. The molecule has 2 aliphatic carbocycles. The van der Waals surface area contributed by atoms with Gasteiger partial charge in [0, 0.05) is 23.3 Å². The summed E-state index contributed by atoms with van der Waals surface area (Å²) >= 11 is 6.68. The number of nitrogens with one attached hydrogen (secondary N) is 2. The third kappa shape index (κ3) is 4.35. The zero-order chi connectivity index (χ0) is 25.7. The maximum Gasteiger partial charge on any atom is 0.123 e. The average Bonchev–Trinajstić information content (AvgIpc) is 3.82. The van der Waals surface area contributed by atoms with Crippen molar-refractivity contribution in [3.05, 3.63) is 76.5 Å². The summed E-state index contributed by atoms with van der Waals surface area (Å²) in [5.74, 6) is 0.178. The molecule has 0 amide bonds. The van der Waals surface area contributed by atoms with Gasteiger partial charge in [0.2, 0.25) is 0 Å². The molecule has 6 rings (SSSR count). The summed E-state index contributed by atoms with van der Waals surface area (Å²) in [7, 11) is 0. The molecular weight excluding hydrogens is 477 g/mol. The number of rotatable bonds is 8. The average molecular weight is 503 g/mol. The van der Waals surface area contributed by atoms with E-state index in [9.17, 15) is 11.0 Å². The highest BCUT2D eigenvalue weighted by molar-refractivity contribution is 6.35. The number of nitriles is 1. The van der Waals surface area contributed by atoms with Crippen LogP contribution < -0.4 is 10.6 Å². The predicted octanol–water partition coefficient (Wildman–Crippen LogP) is 6.24. The Labute approximate surface area is 214 Å². The van der Waals surface area contributed by atoms with Crippen molar-refractivity contribution in [3.8, 4) is 6.07 Å². The number of nitrogens with zero attached hydrogens (tertiary/aromatic N) is 5. The van der Waals surface area contributed by atoms with Crippen LogP contribution in [0.4, 0.5) is 15.8 Å². The van der Waals surface area contributed by atoms with E-state index < -0.39 is 11.8 Å². The van der Waals surface area contributed by atoms with Crippen molar-refractivity contribution in [1.29, 1.82) is 5.26 Å². The second-order valence-electron chi connectivity index (χ2n) is 9.49. The molecule has 0 bridgehead atoms. The molecule has 2 fully saturated rings. The van der Waals surface area contributed by atoms with Gasteiger partial charge in [-0.1, -0.05) is 42.3 Å². The summed E-state index contributed by atoms with van der Waals surface area (Å²) in [5, 5.41) is 26.2. The lowest BCUT2D eigenvalue weighted by molar-refractivity contribution is 0.610. The number of hydrogen-bond donors (Lipinski definition) is 2. The Bertz CT molecular complexity index is 1530. The van der Waals surface area contributed by atoms with E-state index >= 15 is 0 Å². The zero-order valence-electron chi connectivity index (χ0n) is 20.7. The van der Waals surface area contributed by atoms with Crippen LogP contribution in [0.25, 0.3) is 10.9 Å². The predicted molar refractivity (Wildman–Crippen MR) is 137 cm³/mol. The third-order valence-electron chi connectivity index (χ3n) is 6.91. The smallest absolute Gasteiger partial charge is 0.123 e. The highest BCUT2D eigenvalue weighted by Gasteiger charge is 2.36. The highest BCUT2D eigenvalue weighted by Crippen LogP contribution is 2.41. The lowest BCUT2D eigenvalue weighted by atomic mass is 10.0. The van der Waals surface area contributed by atoms with Gasteiger partial charge in [-0.2, -0.15) is 5.26 Å². The Kier molecular flexibility index (Phi) is 5.43. The van der Waals surface area contributed by atoms with Gasteiger partial charge in [-0.3, -0.25) is 4.98 Å². The molecule has 2 saturated carbocycles. The lowest BCUT2D eigenvalue weighted by Gasteiger charge is -2.20. The molecule has 0 saturated heterocycles. The van der Waals surface area contributed by atoms with Gasteiger partial charge >= 0.3 is 0 Å². The van der Waals surface area contributed by atoms with Crippen LogP contribution in [0, 0.1) is 23.1 Å². The maximum absolute atomic E-state index is 13.8. The van der Waals surface area contributed by atoms with Crippen LogP contribution >= 0.6 is 11.6 Å². The Morgan fingerprint density at radius 2 is 2.11 bits per heavy atom. The van der Waals surface area contributed by atoms with E-state index in [2.05, 4.69) is 38.9 Å². The van der Waals surface area contributed by atoms with E-state index in [1.54, 1.807) is 29.1 Å². The second kappa shape index (κ2) is 9.07. The van der Waals surface area contributed by atoms with Crippen LogP contribution in [-0.4, -0.2) is 26.0 Å². The first-order chi connectivity index (χ1) is 17.9. The van der Waals surface area contributed by atoms with Crippen molar-refractivity contribution in [2.45, 2.75) is 50.7 Å². The largest absolute Gasteiger partial charge is 0.380 e. The van der Waals surface area contributed by atoms with Gasteiger partial charge in [0.1, 0.15) is 17.6 Å². The first-order valence-electron chi connectivity index (χ1n) is 12.6. The van der Waals surface area contributed by atoms with Gasteiger partial charge in [-0.15, -0.1) is 5.10 Å². The minimum Gasteiger partial charge on any atom is -0.380 e. The van der Waals surface area contributed by atoms with E-state index in [4.69, 9.17) is 11.6 Å². The summed E-state index contributed by atoms with van der Waals surface area (Å²) in [6.45, 7) is 2.16. The molecular formula is C27H25ClFN7. The molecule has 0 unspecified atom stereocenters. The Morgan fingerprint density at radius 3 is 2.81 bits per heavy atom. The molecule has 2 aromatic carbocycles. The van der Waals surface area contributed by atoms with Crippen LogP contribution in [0.15, 0.2) is 48.8 Å². The van der Waals surface area contributed by atoms with Crippen molar-refractivity contribution in [1.82, 2.24) is 20.0 Å². The molecule has 0 radical (unpaired) electrons. The van der Waals surface area contributed by atoms with E-state index in [0.29, 0.717) is 62.1 Å². The van der Waals surface area contributed by atoms with Gasteiger partial charge in [0.05, 0.1) is 41.4 Å². The molecule has 3 atom stereocenters. The van der Waals surface area contributed by atoms with Gasteiger partial charge in [-0.25, -0.2) is 9.07 Å². The molecule has 2 aliphatic rings. The molecule has 9 heteroatoms. The minimum absolute atomic E-state index is 0.296. The van der Waals surface area contributed by atoms with Crippen molar-refractivity contribution in [2.75, 3.05) is 10.6 Å². The van der Waals surface area contributed by atoms with Gasteiger partial charge in [-0.05, 0) is 55.0 Å². The SMILES string of the molecule is [2H][C@](Nc1cc(Cl)c2ncc(C#N)c(N[C@@H]3C[C@H]3CC)c2c1)(c1ccc(F)cc1)c1cn(C2CC2)nn1. The summed E-state index contributed by atoms with van der Waals surface area (Å²) in [5.41, 5.74) is 3.12. The normalized spacial score (nSPS) is 20.9. The van der Waals surface area contributed by atoms with Crippen molar-refractivity contribution in [3.63, 3.8) is 0 Å². The third-order valence-corrected chi connectivity index (χ3v) is 7.20. The summed E-state index contributed by atoms with van der Waals surface area (Å²) in [4.78, 5) is 4.44. The van der Waals surface area contributed by atoms with Gasteiger partial charge in [0.25, 0.3) is 0 Å². The van der Waals surface area contributed by atoms with Crippen LogP contribution in [0.3, 0.4) is 0 Å². The van der Waals surface area contributed by atoms with Crippen molar-refractivity contribution in [2.24, 2.45) is 5.92 Å². The van der Waals surface area contributed by atoms with Crippen LogP contribution in [-0.2, 0) is 0 Å². The lowest BCUT2D eigenvalue weighted by Crippen LogP contribution is -2.13. The first kappa shape index (κ1) is 21.6. The maximum atomic E-state index is 13.8. The van der Waals surface area contributed by atoms with Crippen molar-refractivity contribution < 1.29 is 5.76 Å². The fraction of sp³-hybridized carbons (Fsp3) is 0.333. The van der Waals surface area contributed by atoms with Crippen LogP contribution in [0.5, 0.6) is 0 Å². The Morgan fingerprint density at radius 1 is 1.31 bits per heavy atom. The van der Waals surface area contributed by atoms with E-state index in [-0.39, 0.29) is 0 Å². The molecule has 182 valence electrons. The molecule has 7 nitrogen and oxygen atoms in total. The summed E-state index contributed by atoms with van der Waals surface area (Å²) in [6, 6.07) is 10.6. The fourth-order valence-corrected chi connectivity index (χ4v) is 4.85. The molecule has 4 aromatic rings. The minimum atomic E-state index is -1.57. The van der Waals surface area contributed by atoms with Crippen LogP contribution in [0.1, 0.15) is 62.9 Å². The molecule has 0 spiro atoms. The van der Waals surface area contributed by atoms with Crippen LogP contribution in [0.2, 0.25) is 5.02 Å². The van der Waals surface area contributed by atoms with E-state index in [0.717, 1.165) is 25.7 Å². The second-order valence-corrected chi connectivity index (χ2v) is 9.90. The number of benzene rings is 2. The number of pyridine rings is 1. The Balaban J connectivity index is 1.45. The number of anilines is 2. The number of halogens is 2. The molecule has 2 N–H and O–H groups in total. The summed E-state index contributed by atoms with van der Waals surface area (Å²) in [6.07, 6.45) is 7.48. The number of fused-ring (bicyclic) bond motifs is 1. The molecule has 0 aliphatic heterocycles. The topological polar surface area (TPSA) is 91.5 Å². The summed E-state index contributed by atoms with van der Waals surface area (Å²) < 4.78 is 25.0. The van der Waals surface area contributed by atoms with E-state index in [1.807, 2.05) is 6.07 Å². The number of aromatic nitrogens is 4. The fourth-order valence-electron chi connectivity index (χ4n) is 4.59. The molecule has 2 heterocycles. The first-order valence-corrected chi connectivity index (χ1v) is 12.5. The zero-order valence-corrected chi connectivity index (χ0v) is 20.4. The monoisotopic (exact) mass is 502 g/mol. The molecule has 2 aromatic heterocycles. The highest BCUT2D eigenvalue weighted by atomic mass is 35.5. The number of hydrogen-bond acceptors (Lipinski definition) is 6. The Hall–Kier alpha value is -3.70. The van der Waals surface area contributed by atoms with Gasteiger partial charge in [0.15, 0.2) is 0 Å². The standard InChI is InChI=1S/C27H25ClFN7/c1-2-15-9-23(15)33-25-17(12-30)13-31-27-21(25)10-19(11-22(27)28)32-26(16-3-5-18(29)6-4-16)24-14-36(35-34-24)20-7-8-20/h3-6,10-11,13-15,20,23,26,32H,2,7-9H2,1H3,(H,31,33)/t15-,23-,26+/m1/s1/i26D. The van der Waals surface area contributed by atoms with Gasteiger partial charge < -0.3 is 10.6 Å². The van der Waals surface area contributed by atoms with E-state index in [1.165, 1.54) is 18.3 Å². The van der Waals surface area contributed by atoms with Crippen molar-refractivity contribution >= 4 is 33.9 Å².